The molecule has 0 radical (unpaired) electrons. The normalized spacial score (nSPS) is 12.4. The van der Waals surface area contributed by atoms with Crippen LogP contribution in [0.1, 0.15) is 49.7 Å². The minimum atomic E-state index is 0.334. The van der Waals surface area contributed by atoms with E-state index in [-0.39, 0.29) is 0 Å². The Hall–Kier alpha value is -0.410. The molecule has 0 aliphatic rings. The number of thiazole rings is 1. The molecule has 1 aromatic rings. The maximum Gasteiger partial charge on any atom is 0.0936 e. The summed E-state index contributed by atoms with van der Waals surface area (Å²) >= 11 is 1.85. The highest BCUT2D eigenvalue weighted by Gasteiger charge is 2.20. The van der Waals surface area contributed by atoms with Crippen LogP contribution in [0.4, 0.5) is 0 Å². The minimum absolute atomic E-state index is 0.334. The average molecular weight is 268 g/mol. The smallest absolute Gasteiger partial charge is 0.0936 e. The van der Waals surface area contributed by atoms with Crippen LogP contribution in [0.3, 0.4) is 0 Å². The molecule has 2 nitrogen and oxygen atoms in total. The maximum absolute atomic E-state index is 4.65. The molecule has 0 saturated carbocycles. The molecular weight excluding hydrogens is 240 g/mol. The van der Waals surface area contributed by atoms with Crippen molar-refractivity contribution in [2.24, 2.45) is 11.3 Å². The van der Waals surface area contributed by atoms with Crippen LogP contribution in [0, 0.1) is 25.2 Å². The molecule has 0 bridgehead atoms. The maximum atomic E-state index is 4.65. The zero-order valence-corrected chi connectivity index (χ0v) is 13.6. The van der Waals surface area contributed by atoms with Crippen molar-refractivity contribution in [1.29, 1.82) is 0 Å². The van der Waals surface area contributed by atoms with Gasteiger partial charge in [0.15, 0.2) is 0 Å². The summed E-state index contributed by atoms with van der Waals surface area (Å²) in [5.41, 5.74) is 1.53. The Kier molecular flexibility index (Phi) is 5.80. The highest BCUT2D eigenvalue weighted by atomic mass is 32.1. The van der Waals surface area contributed by atoms with E-state index in [9.17, 15) is 0 Å². The van der Waals surface area contributed by atoms with Crippen molar-refractivity contribution in [2.45, 2.75) is 54.4 Å². The van der Waals surface area contributed by atoms with Crippen molar-refractivity contribution in [1.82, 2.24) is 10.3 Å². The summed E-state index contributed by atoms with van der Waals surface area (Å²) in [7, 11) is 0. The Morgan fingerprint density at radius 2 is 1.94 bits per heavy atom. The van der Waals surface area contributed by atoms with Crippen LogP contribution in [-0.4, -0.2) is 18.1 Å². The molecule has 104 valence electrons. The summed E-state index contributed by atoms with van der Waals surface area (Å²) in [6.07, 6.45) is 2.30. The molecule has 0 fully saturated rings. The lowest BCUT2D eigenvalue weighted by Gasteiger charge is -2.23. The predicted molar refractivity (Wildman–Crippen MR) is 81.4 cm³/mol. The number of aromatic nitrogens is 1. The summed E-state index contributed by atoms with van der Waals surface area (Å²) in [6, 6.07) is 0. The van der Waals surface area contributed by atoms with Gasteiger partial charge in [-0.15, -0.1) is 11.3 Å². The molecule has 0 aliphatic carbocycles. The molecule has 3 heteroatoms. The fourth-order valence-electron chi connectivity index (χ4n) is 1.93. The van der Waals surface area contributed by atoms with E-state index in [0.29, 0.717) is 5.41 Å². The molecule has 0 amide bonds. The Bertz CT molecular complexity index is 347. The first-order valence-electron chi connectivity index (χ1n) is 6.94. The molecule has 1 heterocycles. The second-order valence-electron chi connectivity index (χ2n) is 6.44. The first-order valence-corrected chi connectivity index (χ1v) is 7.75. The summed E-state index contributed by atoms with van der Waals surface area (Å²) in [5, 5.41) is 4.82. The Morgan fingerprint density at radius 3 is 2.44 bits per heavy atom. The monoisotopic (exact) mass is 268 g/mol. The van der Waals surface area contributed by atoms with E-state index in [1.165, 1.54) is 22.0 Å². The van der Waals surface area contributed by atoms with Crippen molar-refractivity contribution in [3.8, 4) is 0 Å². The average Bonchev–Trinajstić information content (AvgIpc) is 2.52. The van der Waals surface area contributed by atoms with E-state index < -0.39 is 0 Å². The molecule has 0 atom stereocenters. The van der Waals surface area contributed by atoms with Gasteiger partial charge in [0.05, 0.1) is 10.7 Å². The van der Waals surface area contributed by atoms with Gasteiger partial charge in [0, 0.05) is 11.3 Å². The number of hydrogen-bond acceptors (Lipinski definition) is 3. The summed E-state index contributed by atoms with van der Waals surface area (Å²) in [5.74, 6) is 0.734. The van der Waals surface area contributed by atoms with E-state index in [1.807, 2.05) is 11.3 Å². The summed E-state index contributed by atoms with van der Waals surface area (Å²) < 4.78 is 0. The molecule has 0 aliphatic heterocycles. The molecule has 1 aromatic heterocycles. The van der Waals surface area contributed by atoms with Crippen molar-refractivity contribution < 1.29 is 0 Å². The molecule has 1 rings (SSSR count). The lowest BCUT2D eigenvalue weighted by molar-refractivity contribution is 0.322. The van der Waals surface area contributed by atoms with Crippen molar-refractivity contribution in [3.05, 3.63) is 15.6 Å². The van der Waals surface area contributed by atoms with Gasteiger partial charge in [0.2, 0.25) is 0 Å². The Balaban J connectivity index is 2.39. The number of nitrogens with zero attached hydrogens (tertiary/aromatic N) is 1. The second-order valence-corrected chi connectivity index (χ2v) is 7.73. The lowest BCUT2D eigenvalue weighted by atomic mass is 9.86. The first-order chi connectivity index (χ1) is 8.30. The van der Waals surface area contributed by atoms with Gasteiger partial charge < -0.3 is 5.32 Å². The van der Waals surface area contributed by atoms with Gasteiger partial charge in [-0.2, -0.15) is 0 Å². The highest BCUT2D eigenvalue weighted by Crippen LogP contribution is 2.28. The van der Waals surface area contributed by atoms with Gasteiger partial charge in [-0.1, -0.05) is 27.7 Å². The predicted octanol–water partition coefficient (Wildman–Crippen LogP) is 3.96. The fraction of sp³-hybridized carbons (Fsp3) is 0.800. The van der Waals surface area contributed by atoms with E-state index >= 15 is 0 Å². The van der Waals surface area contributed by atoms with Crippen molar-refractivity contribution in [3.63, 3.8) is 0 Å². The Morgan fingerprint density at radius 1 is 1.28 bits per heavy atom. The van der Waals surface area contributed by atoms with E-state index in [0.717, 1.165) is 25.4 Å². The fourth-order valence-corrected chi connectivity index (χ4v) is 3.12. The number of rotatable bonds is 7. The number of nitrogens with one attached hydrogen (secondary N) is 1. The zero-order chi connectivity index (χ0) is 13.8. The summed E-state index contributed by atoms with van der Waals surface area (Å²) in [4.78, 5) is 6.01. The third-order valence-electron chi connectivity index (χ3n) is 3.23. The van der Waals surface area contributed by atoms with E-state index in [4.69, 9.17) is 0 Å². The molecule has 0 saturated heterocycles. The highest BCUT2D eigenvalue weighted by molar-refractivity contribution is 7.11. The van der Waals surface area contributed by atoms with Crippen LogP contribution >= 0.6 is 11.3 Å². The van der Waals surface area contributed by atoms with Crippen LogP contribution in [0.5, 0.6) is 0 Å². The van der Waals surface area contributed by atoms with Gasteiger partial charge in [-0.25, -0.2) is 4.98 Å². The molecular formula is C15H28N2S. The molecule has 0 unspecified atom stereocenters. The van der Waals surface area contributed by atoms with Gasteiger partial charge in [0.1, 0.15) is 0 Å². The number of aryl methyl sites for hydroxylation is 2. The minimum Gasteiger partial charge on any atom is -0.316 e. The third-order valence-corrected chi connectivity index (χ3v) is 4.31. The van der Waals surface area contributed by atoms with Crippen LogP contribution < -0.4 is 5.32 Å². The number of hydrogen-bond donors (Lipinski definition) is 1. The van der Waals surface area contributed by atoms with Crippen LogP contribution in [0.15, 0.2) is 0 Å². The molecule has 18 heavy (non-hydrogen) atoms. The van der Waals surface area contributed by atoms with E-state index in [1.54, 1.807) is 0 Å². The van der Waals surface area contributed by atoms with Crippen molar-refractivity contribution in [2.75, 3.05) is 13.1 Å². The zero-order valence-electron chi connectivity index (χ0n) is 12.8. The largest absolute Gasteiger partial charge is 0.316 e. The van der Waals surface area contributed by atoms with Crippen LogP contribution in [0.2, 0.25) is 0 Å². The summed E-state index contributed by atoms with van der Waals surface area (Å²) in [6.45, 7) is 15.7. The molecule has 0 aromatic carbocycles. The van der Waals surface area contributed by atoms with Crippen LogP contribution in [0.25, 0.3) is 0 Å². The second kappa shape index (κ2) is 6.67. The Labute approximate surface area is 116 Å². The lowest BCUT2D eigenvalue weighted by Crippen LogP contribution is -2.26. The van der Waals surface area contributed by atoms with Crippen molar-refractivity contribution >= 4 is 11.3 Å². The third kappa shape index (κ3) is 5.49. The molecule has 0 spiro atoms. The topological polar surface area (TPSA) is 24.9 Å². The first kappa shape index (κ1) is 15.6. The van der Waals surface area contributed by atoms with Crippen LogP contribution in [-0.2, 0) is 6.42 Å². The van der Waals surface area contributed by atoms with Gasteiger partial charge >= 0.3 is 0 Å². The van der Waals surface area contributed by atoms with E-state index in [2.05, 4.69) is 51.8 Å². The standard InChI is InChI=1S/C15H28N2S/c1-11(2)10-16-8-7-15(5,6)9-14-17-12(3)13(4)18-14/h11,16H,7-10H2,1-6H3. The molecule has 1 N–H and O–H groups in total. The quantitative estimate of drug-likeness (QED) is 0.757. The SMILES string of the molecule is Cc1nc(CC(C)(C)CCNCC(C)C)sc1C. The van der Waals surface area contributed by atoms with Gasteiger partial charge in [0.25, 0.3) is 0 Å². The van der Waals surface area contributed by atoms with Gasteiger partial charge in [-0.3, -0.25) is 0 Å². The van der Waals surface area contributed by atoms with Gasteiger partial charge in [-0.05, 0) is 44.7 Å².